The highest BCUT2D eigenvalue weighted by Crippen LogP contribution is 2.29. The molecule has 0 aromatic carbocycles. The van der Waals surface area contributed by atoms with E-state index in [1.165, 1.54) is 65.0 Å². The van der Waals surface area contributed by atoms with Gasteiger partial charge in [0.15, 0.2) is 0 Å². The molecule has 1 aliphatic heterocycles. The number of hydrogen-bond donors (Lipinski definition) is 0. The van der Waals surface area contributed by atoms with Crippen molar-refractivity contribution in [3.05, 3.63) is 0 Å². The van der Waals surface area contributed by atoms with Crippen LogP contribution in [0.5, 0.6) is 0 Å². The molecule has 0 aromatic heterocycles. The zero-order valence-electron chi connectivity index (χ0n) is 9.54. The largest absolute Gasteiger partial charge is 0.301 e. The summed E-state index contributed by atoms with van der Waals surface area (Å²) in [5.74, 6) is 1.07. The van der Waals surface area contributed by atoms with Crippen molar-refractivity contribution < 1.29 is 0 Å². The average Bonchev–Trinajstić information content (AvgIpc) is 3.01. The topological polar surface area (TPSA) is 6.48 Å². The van der Waals surface area contributed by atoms with Crippen molar-refractivity contribution in [2.45, 2.75) is 32.6 Å². The molecule has 1 saturated carbocycles. The lowest BCUT2D eigenvalue weighted by molar-refractivity contribution is 0.127. The molecule has 0 amide bonds. The van der Waals surface area contributed by atoms with E-state index < -0.39 is 0 Å². The molecule has 2 heteroatoms. The molecule has 2 fully saturated rings. The molecule has 0 bridgehead atoms. The molecule has 1 saturated heterocycles. The molecule has 0 radical (unpaired) electrons. The van der Waals surface area contributed by atoms with Crippen LogP contribution in [0.15, 0.2) is 0 Å². The Morgan fingerprint density at radius 2 is 1.64 bits per heavy atom. The summed E-state index contributed by atoms with van der Waals surface area (Å²) >= 11 is 0. The fraction of sp³-hybridized carbons (Fsp3) is 1.00. The van der Waals surface area contributed by atoms with E-state index >= 15 is 0 Å². The van der Waals surface area contributed by atoms with Gasteiger partial charge in [0.1, 0.15) is 0 Å². The molecular weight excluding hydrogens is 172 g/mol. The van der Waals surface area contributed by atoms with Crippen LogP contribution in [0.4, 0.5) is 0 Å². The van der Waals surface area contributed by atoms with Crippen molar-refractivity contribution in [2.24, 2.45) is 5.92 Å². The molecule has 2 nitrogen and oxygen atoms in total. The molecule has 1 aliphatic carbocycles. The molecule has 2 aliphatic rings. The maximum atomic E-state index is 2.67. The van der Waals surface area contributed by atoms with Gasteiger partial charge in [0.2, 0.25) is 0 Å². The van der Waals surface area contributed by atoms with Crippen LogP contribution >= 0.6 is 0 Å². The van der Waals surface area contributed by atoms with E-state index in [0.29, 0.717) is 0 Å². The van der Waals surface area contributed by atoms with Crippen LogP contribution in [0.25, 0.3) is 0 Å². The minimum atomic E-state index is 1.07. The van der Waals surface area contributed by atoms with Crippen molar-refractivity contribution in [2.75, 3.05) is 39.3 Å². The summed E-state index contributed by atoms with van der Waals surface area (Å²) in [6, 6.07) is 0. The summed E-state index contributed by atoms with van der Waals surface area (Å²) in [4.78, 5) is 5.30. The van der Waals surface area contributed by atoms with Crippen LogP contribution in [0.3, 0.4) is 0 Å². The van der Waals surface area contributed by atoms with Crippen LogP contribution in [0, 0.1) is 5.92 Å². The molecule has 0 aromatic rings. The Bertz CT molecular complexity index is 158. The Balaban J connectivity index is 1.59. The Kier molecular flexibility index (Phi) is 3.82. The standard InChI is InChI=1S/C12H24N2/c1-2-3-6-13-7-9-14(10-8-13)11-12-4-5-12/h12H,2-11H2,1H3. The summed E-state index contributed by atoms with van der Waals surface area (Å²) in [6.07, 6.45) is 5.71. The lowest BCUT2D eigenvalue weighted by Gasteiger charge is -2.34. The van der Waals surface area contributed by atoms with E-state index in [-0.39, 0.29) is 0 Å². The molecule has 2 rings (SSSR count). The number of rotatable bonds is 5. The third-order valence-corrected chi connectivity index (χ3v) is 3.51. The summed E-state index contributed by atoms with van der Waals surface area (Å²) in [5, 5.41) is 0. The first-order valence-corrected chi connectivity index (χ1v) is 6.33. The van der Waals surface area contributed by atoms with E-state index in [4.69, 9.17) is 0 Å². The van der Waals surface area contributed by atoms with Gasteiger partial charge in [-0.1, -0.05) is 13.3 Å². The first kappa shape index (κ1) is 10.4. The van der Waals surface area contributed by atoms with Crippen LogP contribution in [-0.4, -0.2) is 49.1 Å². The normalized spacial score (nSPS) is 25.5. The molecule has 0 atom stereocenters. The summed E-state index contributed by atoms with van der Waals surface area (Å²) in [6.45, 7) is 10.3. The number of piperazine rings is 1. The zero-order valence-corrected chi connectivity index (χ0v) is 9.54. The molecule has 0 N–H and O–H groups in total. The predicted octanol–water partition coefficient (Wildman–Crippen LogP) is 1.81. The monoisotopic (exact) mass is 196 g/mol. The van der Waals surface area contributed by atoms with Gasteiger partial charge in [0, 0.05) is 32.7 Å². The van der Waals surface area contributed by atoms with E-state index in [1.54, 1.807) is 0 Å². The third kappa shape index (κ3) is 3.25. The highest BCUT2D eigenvalue weighted by molar-refractivity contribution is 4.80. The highest BCUT2D eigenvalue weighted by atomic mass is 15.3. The Morgan fingerprint density at radius 1 is 1.00 bits per heavy atom. The van der Waals surface area contributed by atoms with Crippen LogP contribution in [0.2, 0.25) is 0 Å². The molecule has 82 valence electrons. The second kappa shape index (κ2) is 5.13. The van der Waals surface area contributed by atoms with Crippen molar-refractivity contribution >= 4 is 0 Å². The smallest absolute Gasteiger partial charge is 0.0110 e. The van der Waals surface area contributed by atoms with Gasteiger partial charge < -0.3 is 9.80 Å². The van der Waals surface area contributed by atoms with Crippen molar-refractivity contribution in [3.8, 4) is 0 Å². The second-order valence-corrected chi connectivity index (χ2v) is 4.94. The SMILES string of the molecule is CCCCN1CCN(CC2CC2)CC1. The first-order valence-electron chi connectivity index (χ1n) is 6.33. The number of hydrogen-bond acceptors (Lipinski definition) is 2. The number of unbranched alkanes of at least 4 members (excludes halogenated alkanes) is 1. The minimum Gasteiger partial charge on any atom is -0.301 e. The molecule has 1 heterocycles. The van der Waals surface area contributed by atoms with Gasteiger partial charge >= 0.3 is 0 Å². The first-order chi connectivity index (χ1) is 6.88. The van der Waals surface area contributed by atoms with Gasteiger partial charge in [0.25, 0.3) is 0 Å². The van der Waals surface area contributed by atoms with Crippen LogP contribution in [0.1, 0.15) is 32.6 Å². The molecule has 0 spiro atoms. The van der Waals surface area contributed by atoms with E-state index in [9.17, 15) is 0 Å². The van der Waals surface area contributed by atoms with E-state index in [0.717, 1.165) is 5.92 Å². The fourth-order valence-electron chi connectivity index (χ4n) is 2.24. The maximum Gasteiger partial charge on any atom is 0.0110 e. The lowest BCUT2D eigenvalue weighted by atomic mass is 10.2. The van der Waals surface area contributed by atoms with Gasteiger partial charge in [0.05, 0.1) is 0 Å². The van der Waals surface area contributed by atoms with Crippen LogP contribution in [-0.2, 0) is 0 Å². The van der Waals surface area contributed by atoms with Crippen molar-refractivity contribution in [1.82, 2.24) is 9.80 Å². The third-order valence-electron chi connectivity index (χ3n) is 3.51. The average molecular weight is 196 g/mol. The lowest BCUT2D eigenvalue weighted by Crippen LogP contribution is -2.47. The number of nitrogens with zero attached hydrogens (tertiary/aromatic N) is 2. The summed E-state index contributed by atoms with van der Waals surface area (Å²) in [7, 11) is 0. The molecule has 14 heavy (non-hydrogen) atoms. The summed E-state index contributed by atoms with van der Waals surface area (Å²) in [5.41, 5.74) is 0. The second-order valence-electron chi connectivity index (χ2n) is 4.94. The Labute approximate surface area is 88.3 Å². The van der Waals surface area contributed by atoms with Crippen LogP contribution < -0.4 is 0 Å². The molecule has 0 unspecified atom stereocenters. The Hall–Kier alpha value is -0.0800. The van der Waals surface area contributed by atoms with Crippen molar-refractivity contribution in [1.29, 1.82) is 0 Å². The van der Waals surface area contributed by atoms with E-state index in [1.807, 2.05) is 0 Å². The predicted molar refractivity (Wildman–Crippen MR) is 60.5 cm³/mol. The van der Waals surface area contributed by atoms with Gasteiger partial charge in [-0.15, -0.1) is 0 Å². The van der Waals surface area contributed by atoms with E-state index in [2.05, 4.69) is 16.7 Å². The quantitative estimate of drug-likeness (QED) is 0.662. The minimum absolute atomic E-state index is 1.07. The van der Waals surface area contributed by atoms with Gasteiger partial charge in [-0.3, -0.25) is 0 Å². The molecular formula is C12H24N2. The van der Waals surface area contributed by atoms with Gasteiger partial charge in [-0.2, -0.15) is 0 Å². The highest BCUT2D eigenvalue weighted by Gasteiger charge is 2.25. The van der Waals surface area contributed by atoms with Gasteiger partial charge in [-0.25, -0.2) is 0 Å². The summed E-state index contributed by atoms with van der Waals surface area (Å²) < 4.78 is 0. The Morgan fingerprint density at radius 3 is 2.21 bits per heavy atom. The maximum absolute atomic E-state index is 2.67. The fourth-order valence-corrected chi connectivity index (χ4v) is 2.24. The zero-order chi connectivity index (χ0) is 9.80. The van der Waals surface area contributed by atoms with Gasteiger partial charge in [-0.05, 0) is 31.7 Å². The van der Waals surface area contributed by atoms with Crippen molar-refractivity contribution in [3.63, 3.8) is 0 Å².